The first-order chi connectivity index (χ1) is 8.95. The third kappa shape index (κ3) is 3.23. The highest BCUT2D eigenvalue weighted by Crippen LogP contribution is 2.16. The molecule has 102 valence electrons. The van der Waals surface area contributed by atoms with Crippen LogP contribution in [0, 0.1) is 5.92 Å². The predicted octanol–water partition coefficient (Wildman–Crippen LogP) is 1.43. The molecule has 2 rings (SSSR count). The number of hydrogen-bond donors (Lipinski definition) is 3. The Labute approximate surface area is 110 Å². The van der Waals surface area contributed by atoms with Gasteiger partial charge in [0.2, 0.25) is 5.91 Å². The van der Waals surface area contributed by atoms with Crippen LogP contribution in [-0.2, 0) is 4.79 Å². The van der Waals surface area contributed by atoms with E-state index in [1.54, 1.807) is 18.2 Å². The Hall–Kier alpha value is -2.08. The van der Waals surface area contributed by atoms with Gasteiger partial charge in [0.05, 0.1) is 11.6 Å². The van der Waals surface area contributed by atoms with Gasteiger partial charge in [-0.3, -0.25) is 9.78 Å². The van der Waals surface area contributed by atoms with Crippen molar-refractivity contribution in [3.8, 4) is 0 Å². The van der Waals surface area contributed by atoms with Crippen LogP contribution in [0.5, 0.6) is 0 Å². The second-order valence-corrected chi connectivity index (χ2v) is 4.95. The number of nitrogens with one attached hydrogen (secondary N) is 2. The Morgan fingerprint density at radius 1 is 1.47 bits per heavy atom. The summed E-state index contributed by atoms with van der Waals surface area (Å²) in [6.07, 6.45) is 0.622. The number of fused-ring (bicyclic) bond motifs is 1. The molecule has 0 aliphatic heterocycles. The molecular weight excluding hydrogens is 246 g/mol. The van der Waals surface area contributed by atoms with Crippen molar-refractivity contribution in [3.63, 3.8) is 0 Å². The van der Waals surface area contributed by atoms with Crippen LogP contribution in [0.15, 0.2) is 27.4 Å². The molecule has 2 aromatic rings. The highest BCUT2D eigenvalue weighted by molar-refractivity contribution is 5.96. The van der Waals surface area contributed by atoms with E-state index in [1.165, 1.54) is 0 Å². The van der Waals surface area contributed by atoms with E-state index in [0.29, 0.717) is 29.1 Å². The molecule has 0 aliphatic carbocycles. The van der Waals surface area contributed by atoms with Gasteiger partial charge in [-0.25, -0.2) is 4.79 Å². The molecule has 0 saturated heterocycles. The summed E-state index contributed by atoms with van der Waals surface area (Å²) in [5.74, 6) is -0.401. The molecular formula is C13H17N3O3. The number of carbonyl (C=O) groups is 1. The van der Waals surface area contributed by atoms with E-state index in [-0.39, 0.29) is 5.91 Å². The lowest BCUT2D eigenvalue weighted by atomic mass is 10.0. The fraction of sp³-hybridized carbons (Fsp3) is 0.385. The number of nitrogens with two attached hydrogens (primary N) is 1. The number of aromatic amines is 1. The summed E-state index contributed by atoms with van der Waals surface area (Å²) in [6.45, 7) is 4.02. The van der Waals surface area contributed by atoms with E-state index in [9.17, 15) is 9.59 Å². The second kappa shape index (κ2) is 5.27. The molecule has 0 radical (unpaired) electrons. The minimum Gasteiger partial charge on any atom is -0.408 e. The molecule has 0 unspecified atom stereocenters. The van der Waals surface area contributed by atoms with Crippen molar-refractivity contribution in [2.24, 2.45) is 11.7 Å². The van der Waals surface area contributed by atoms with Crippen LogP contribution >= 0.6 is 0 Å². The Morgan fingerprint density at radius 2 is 2.21 bits per heavy atom. The predicted molar refractivity (Wildman–Crippen MR) is 72.9 cm³/mol. The third-order valence-electron chi connectivity index (χ3n) is 2.75. The largest absolute Gasteiger partial charge is 0.417 e. The highest BCUT2D eigenvalue weighted by atomic mass is 16.4. The second-order valence-electron chi connectivity index (χ2n) is 4.95. The summed E-state index contributed by atoms with van der Waals surface area (Å²) in [5.41, 5.74) is 7.37. The van der Waals surface area contributed by atoms with Crippen molar-refractivity contribution in [1.82, 2.24) is 4.98 Å². The molecule has 0 aliphatic rings. The van der Waals surface area contributed by atoms with Crippen molar-refractivity contribution in [3.05, 3.63) is 28.7 Å². The molecule has 0 spiro atoms. The summed E-state index contributed by atoms with van der Waals surface area (Å²) >= 11 is 0. The van der Waals surface area contributed by atoms with E-state index >= 15 is 0 Å². The molecule has 6 nitrogen and oxygen atoms in total. The van der Waals surface area contributed by atoms with E-state index in [2.05, 4.69) is 10.3 Å². The number of amides is 1. The summed E-state index contributed by atoms with van der Waals surface area (Å²) < 4.78 is 4.88. The van der Waals surface area contributed by atoms with Crippen molar-refractivity contribution in [2.75, 3.05) is 5.32 Å². The van der Waals surface area contributed by atoms with E-state index in [0.717, 1.165) is 0 Å². The lowest BCUT2D eigenvalue weighted by Crippen LogP contribution is -2.36. The molecule has 4 N–H and O–H groups in total. The number of hydrogen-bond acceptors (Lipinski definition) is 4. The average molecular weight is 263 g/mol. The van der Waals surface area contributed by atoms with E-state index in [4.69, 9.17) is 10.2 Å². The van der Waals surface area contributed by atoms with Gasteiger partial charge in [-0.15, -0.1) is 0 Å². The first-order valence-electron chi connectivity index (χ1n) is 6.15. The van der Waals surface area contributed by atoms with Gasteiger partial charge in [-0.05, 0) is 30.5 Å². The summed E-state index contributed by atoms with van der Waals surface area (Å²) in [7, 11) is 0. The topological polar surface area (TPSA) is 101 Å². The van der Waals surface area contributed by atoms with Crippen molar-refractivity contribution < 1.29 is 9.21 Å². The maximum Gasteiger partial charge on any atom is 0.417 e. The van der Waals surface area contributed by atoms with Crippen molar-refractivity contribution >= 4 is 22.7 Å². The van der Waals surface area contributed by atoms with Gasteiger partial charge >= 0.3 is 5.76 Å². The average Bonchev–Trinajstić information content (AvgIpc) is 2.67. The SMILES string of the molecule is CC(C)C[C@H](N)C(=O)Nc1ccc2oc(=O)[nH]c2c1. The third-order valence-corrected chi connectivity index (χ3v) is 2.75. The van der Waals surface area contributed by atoms with Gasteiger partial charge in [0.15, 0.2) is 5.58 Å². The van der Waals surface area contributed by atoms with Crippen LogP contribution < -0.4 is 16.8 Å². The Balaban J connectivity index is 2.12. The molecule has 0 fully saturated rings. The number of carbonyl (C=O) groups excluding carboxylic acids is 1. The number of benzene rings is 1. The van der Waals surface area contributed by atoms with Crippen LogP contribution in [0.2, 0.25) is 0 Å². The minimum atomic E-state index is -0.543. The maximum atomic E-state index is 11.9. The van der Waals surface area contributed by atoms with Crippen LogP contribution in [0.25, 0.3) is 11.1 Å². The first-order valence-corrected chi connectivity index (χ1v) is 6.15. The quantitative estimate of drug-likeness (QED) is 0.776. The minimum absolute atomic E-state index is 0.237. The van der Waals surface area contributed by atoms with Crippen LogP contribution in [-0.4, -0.2) is 16.9 Å². The number of H-pyrrole nitrogens is 1. The molecule has 1 aromatic carbocycles. The normalized spacial score (nSPS) is 12.8. The monoisotopic (exact) mass is 263 g/mol. The Kier molecular flexibility index (Phi) is 3.71. The summed E-state index contributed by atoms with van der Waals surface area (Å²) in [6, 6.07) is 4.38. The highest BCUT2D eigenvalue weighted by Gasteiger charge is 2.15. The Bertz CT molecular complexity index is 642. The van der Waals surface area contributed by atoms with Crippen LogP contribution in [0.4, 0.5) is 5.69 Å². The lowest BCUT2D eigenvalue weighted by Gasteiger charge is -2.14. The van der Waals surface area contributed by atoms with Gasteiger partial charge in [-0.2, -0.15) is 0 Å². The maximum absolute atomic E-state index is 11.9. The zero-order valence-corrected chi connectivity index (χ0v) is 10.9. The zero-order valence-electron chi connectivity index (χ0n) is 10.9. The molecule has 1 heterocycles. The van der Waals surface area contributed by atoms with Crippen molar-refractivity contribution in [2.45, 2.75) is 26.3 Å². The van der Waals surface area contributed by atoms with Crippen LogP contribution in [0.3, 0.4) is 0 Å². The molecule has 1 aromatic heterocycles. The van der Waals surface area contributed by atoms with Gasteiger partial charge in [0.25, 0.3) is 0 Å². The van der Waals surface area contributed by atoms with Gasteiger partial charge < -0.3 is 15.5 Å². The fourth-order valence-corrected chi connectivity index (χ4v) is 1.88. The van der Waals surface area contributed by atoms with Gasteiger partial charge in [0.1, 0.15) is 0 Å². The standard InChI is InChI=1S/C13H17N3O3/c1-7(2)5-9(14)12(17)15-8-3-4-11-10(6-8)16-13(18)19-11/h3-4,6-7,9H,5,14H2,1-2H3,(H,15,17)(H,16,18)/t9-/m0/s1. The zero-order chi connectivity index (χ0) is 14.0. The van der Waals surface area contributed by atoms with Crippen molar-refractivity contribution in [1.29, 1.82) is 0 Å². The molecule has 1 amide bonds. The molecule has 0 bridgehead atoms. The number of aromatic nitrogens is 1. The number of rotatable bonds is 4. The van der Waals surface area contributed by atoms with E-state index in [1.807, 2.05) is 13.8 Å². The molecule has 6 heteroatoms. The Morgan fingerprint density at radius 3 is 2.89 bits per heavy atom. The smallest absolute Gasteiger partial charge is 0.408 e. The first kappa shape index (κ1) is 13.4. The van der Waals surface area contributed by atoms with Crippen LogP contribution in [0.1, 0.15) is 20.3 Å². The van der Waals surface area contributed by atoms with Gasteiger partial charge in [0, 0.05) is 5.69 Å². The summed E-state index contributed by atoms with van der Waals surface area (Å²) in [4.78, 5) is 25.4. The molecule has 1 atom stereocenters. The molecule has 0 saturated carbocycles. The number of anilines is 1. The molecule has 19 heavy (non-hydrogen) atoms. The van der Waals surface area contributed by atoms with Gasteiger partial charge in [-0.1, -0.05) is 13.8 Å². The lowest BCUT2D eigenvalue weighted by molar-refractivity contribution is -0.117. The fourth-order valence-electron chi connectivity index (χ4n) is 1.88. The van der Waals surface area contributed by atoms with E-state index < -0.39 is 11.8 Å². The number of oxazole rings is 1. The summed E-state index contributed by atoms with van der Waals surface area (Å²) in [5, 5.41) is 2.72.